The molecule has 0 aliphatic heterocycles. The minimum atomic E-state index is -2.17. The summed E-state index contributed by atoms with van der Waals surface area (Å²) in [5.74, 6) is -0.795. The molecule has 0 spiro atoms. The SMILES string of the molecule is C[C@]12C=CCCC1C=C[C@@H]1[C@H]2CC[C@@]2(C)[C@H]1CC(F)C2(O)O. The van der Waals surface area contributed by atoms with E-state index in [0.29, 0.717) is 18.3 Å². The Labute approximate surface area is 132 Å². The number of hydrogen-bond acceptors (Lipinski definition) is 2. The Kier molecular flexibility index (Phi) is 3.01. The molecule has 2 saturated carbocycles. The van der Waals surface area contributed by atoms with Crippen LogP contribution in [0.15, 0.2) is 24.3 Å². The number of fused-ring (bicyclic) bond motifs is 5. The van der Waals surface area contributed by atoms with Gasteiger partial charge in [0.05, 0.1) is 0 Å². The zero-order chi connectivity index (χ0) is 15.8. The lowest BCUT2D eigenvalue weighted by atomic mass is 9.48. The summed E-state index contributed by atoms with van der Waals surface area (Å²) in [7, 11) is 0. The first-order chi connectivity index (χ1) is 10.3. The summed E-state index contributed by atoms with van der Waals surface area (Å²) in [6.45, 7) is 4.23. The van der Waals surface area contributed by atoms with E-state index in [1.54, 1.807) is 0 Å². The van der Waals surface area contributed by atoms with Gasteiger partial charge >= 0.3 is 0 Å². The van der Waals surface area contributed by atoms with Crippen LogP contribution in [-0.4, -0.2) is 22.2 Å². The first-order valence-corrected chi connectivity index (χ1v) is 8.75. The van der Waals surface area contributed by atoms with Crippen LogP contribution in [0, 0.1) is 34.5 Å². The van der Waals surface area contributed by atoms with E-state index in [-0.39, 0.29) is 23.7 Å². The zero-order valence-electron chi connectivity index (χ0n) is 13.5. The van der Waals surface area contributed by atoms with E-state index >= 15 is 0 Å². The second-order valence-electron chi connectivity index (χ2n) is 8.51. The summed E-state index contributed by atoms with van der Waals surface area (Å²) in [5.41, 5.74) is -0.569. The van der Waals surface area contributed by atoms with Crippen LogP contribution in [0.5, 0.6) is 0 Å². The molecule has 4 aliphatic carbocycles. The molecule has 0 saturated heterocycles. The highest BCUT2D eigenvalue weighted by atomic mass is 19.1. The molecule has 2 N–H and O–H groups in total. The maximum atomic E-state index is 14.3. The van der Waals surface area contributed by atoms with E-state index in [1.165, 1.54) is 6.42 Å². The molecule has 4 rings (SSSR count). The number of halogens is 1. The van der Waals surface area contributed by atoms with E-state index in [9.17, 15) is 14.6 Å². The van der Waals surface area contributed by atoms with Crippen LogP contribution >= 0.6 is 0 Å². The monoisotopic (exact) mass is 306 g/mol. The molecule has 7 atom stereocenters. The molecule has 122 valence electrons. The van der Waals surface area contributed by atoms with Crippen LogP contribution in [0.2, 0.25) is 0 Å². The fourth-order valence-electron chi connectivity index (χ4n) is 6.16. The van der Waals surface area contributed by atoms with Gasteiger partial charge in [-0.25, -0.2) is 4.39 Å². The van der Waals surface area contributed by atoms with Crippen molar-refractivity contribution in [2.24, 2.45) is 34.5 Å². The minimum absolute atomic E-state index is 0.0283. The summed E-state index contributed by atoms with van der Waals surface area (Å²) < 4.78 is 14.3. The Balaban J connectivity index is 1.75. The van der Waals surface area contributed by atoms with E-state index in [0.717, 1.165) is 12.8 Å². The van der Waals surface area contributed by atoms with Crippen molar-refractivity contribution in [3.8, 4) is 0 Å². The summed E-state index contributed by atoms with van der Waals surface area (Å²) >= 11 is 0. The normalized spacial score (nSPS) is 55.4. The molecule has 2 unspecified atom stereocenters. The molecule has 2 fully saturated rings. The van der Waals surface area contributed by atoms with Crippen molar-refractivity contribution < 1.29 is 14.6 Å². The van der Waals surface area contributed by atoms with Crippen LogP contribution < -0.4 is 0 Å². The molecule has 0 aromatic carbocycles. The number of allylic oxidation sites excluding steroid dienone is 4. The van der Waals surface area contributed by atoms with Gasteiger partial charge in [0, 0.05) is 5.41 Å². The molecule has 0 bridgehead atoms. The smallest absolute Gasteiger partial charge is 0.200 e. The number of alkyl halides is 1. The highest BCUT2D eigenvalue weighted by Crippen LogP contribution is 2.65. The highest BCUT2D eigenvalue weighted by molar-refractivity contribution is 5.24. The standard InChI is InChI=1S/C19H27FO2/c1-17-9-4-3-5-12(17)6-7-13-14(17)8-10-18(2)15(13)11-16(20)19(18,21)22/h4,6-7,9,12-16,21-22H,3,5,8,10-11H2,1-2H3/t12?,13-,14-,15+,16?,17+,18+/m1/s1. The molecule has 4 aliphatic rings. The minimum Gasteiger partial charge on any atom is -0.363 e. The van der Waals surface area contributed by atoms with Crippen LogP contribution in [0.1, 0.15) is 46.0 Å². The predicted molar refractivity (Wildman–Crippen MR) is 83.6 cm³/mol. The fraction of sp³-hybridized carbons (Fsp3) is 0.789. The lowest BCUT2D eigenvalue weighted by Crippen LogP contribution is -2.55. The Bertz CT molecular complexity index is 540. The van der Waals surface area contributed by atoms with Gasteiger partial charge < -0.3 is 10.2 Å². The Morgan fingerprint density at radius 1 is 1.09 bits per heavy atom. The predicted octanol–water partition coefficient (Wildman–Crippen LogP) is 3.60. The molecule has 0 aromatic heterocycles. The molecule has 2 nitrogen and oxygen atoms in total. The molecule has 0 amide bonds. The second kappa shape index (κ2) is 4.45. The van der Waals surface area contributed by atoms with Gasteiger partial charge in [-0.1, -0.05) is 38.2 Å². The summed E-state index contributed by atoms with van der Waals surface area (Å²) in [5, 5.41) is 20.7. The molecule has 0 aromatic rings. The topological polar surface area (TPSA) is 40.5 Å². The summed E-state index contributed by atoms with van der Waals surface area (Å²) in [4.78, 5) is 0. The number of rotatable bonds is 0. The van der Waals surface area contributed by atoms with Crippen molar-refractivity contribution in [2.45, 2.75) is 57.9 Å². The maximum absolute atomic E-state index is 14.3. The van der Waals surface area contributed by atoms with Crippen molar-refractivity contribution in [2.75, 3.05) is 0 Å². The molecular weight excluding hydrogens is 279 g/mol. The summed E-state index contributed by atoms with van der Waals surface area (Å²) in [6.07, 6.45) is 12.1. The van der Waals surface area contributed by atoms with Gasteiger partial charge in [0.1, 0.15) is 0 Å². The third kappa shape index (κ3) is 1.62. The molecule has 3 heteroatoms. The van der Waals surface area contributed by atoms with Crippen molar-refractivity contribution in [1.82, 2.24) is 0 Å². The van der Waals surface area contributed by atoms with Gasteiger partial charge in [-0.15, -0.1) is 0 Å². The molecule has 22 heavy (non-hydrogen) atoms. The van der Waals surface area contributed by atoms with E-state index in [2.05, 4.69) is 31.2 Å². The van der Waals surface area contributed by atoms with Gasteiger partial charge in [0.25, 0.3) is 0 Å². The van der Waals surface area contributed by atoms with Crippen molar-refractivity contribution in [1.29, 1.82) is 0 Å². The third-order valence-corrected chi connectivity index (χ3v) is 7.75. The summed E-state index contributed by atoms with van der Waals surface area (Å²) in [6, 6.07) is 0. The number of aliphatic hydroxyl groups is 2. The average Bonchev–Trinajstić information content (AvgIpc) is 2.66. The zero-order valence-corrected chi connectivity index (χ0v) is 13.5. The van der Waals surface area contributed by atoms with Crippen LogP contribution in [0.4, 0.5) is 4.39 Å². The van der Waals surface area contributed by atoms with Gasteiger partial charge in [-0.3, -0.25) is 0 Å². The molecule has 0 heterocycles. The Morgan fingerprint density at radius 3 is 2.64 bits per heavy atom. The average molecular weight is 306 g/mol. The van der Waals surface area contributed by atoms with Gasteiger partial charge in [0.2, 0.25) is 5.79 Å². The lowest BCUT2D eigenvalue weighted by Gasteiger charge is -2.57. The van der Waals surface area contributed by atoms with E-state index in [1.807, 2.05) is 6.92 Å². The maximum Gasteiger partial charge on any atom is 0.200 e. The lowest BCUT2D eigenvalue weighted by molar-refractivity contribution is -0.266. The quantitative estimate of drug-likeness (QED) is 0.530. The first-order valence-electron chi connectivity index (χ1n) is 8.75. The van der Waals surface area contributed by atoms with Gasteiger partial charge in [0.15, 0.2) is 6.17 Å². The second-order valence-corrected chi connectivity index (χ2v) is 8.51. The van der Waals surface area contributed by atoms with E-state index in [4.69, 9.17) is 0 Å². The Morgan fingerprint density at radius 2 is 1.86 bits per heavy atom. The highest BCUT2D eigenvalue weighted by Gasteiger charge is 2.67. The van der Waals surface area contributed by atoms with Crippen molar-refractivity contribution in [3.63, 3.8) is 0 Å². The molecular formula is C19H27FO2. The number of hydrogen-bond donors (Lipinski definition) is 2. The van der Waals surface area contributed by atoms with Gasteiger partial charge in [-0.05, 0) is 61.2 Å². The van der Waals surface area contributed by atoms with Crippen LogP contribution in [0.25, 0.3) is 0 Å². The fourth-order valence-corrected chi connectivity index (χ4v) is 6.16. The Hall–Kier alpha value is -0.670. The van der Waals surface area contributed by atoms with Crippen LogP contribution in [-0.2, 0) is 0 Å². The largest absolute Gasteiger partial charge is 0.363 e. The van der Waals surface area contributed by atoms with Gasteiger partial charge in [-0.2, -0.15) is 0 Å². The van der Waals surface area contributed by atoms with E-state index < -0.39 is 17.4 Å². The molecule has 0 radical (unpaired) electrons. The van der Waals surface area contributed by atoms with Crippen LogP contribution in [0.3, 0.4) is 0 Å². The van der Waals surface area contributed by atoms with Crippen molar-refractivity contribution >= 4 is 0 Å². The first kappa shape index (κ1) is 14.9. The third-order valence-electron chi connectivity index (χ3n) is 7.75. The van der Waals surface area contributed by atoms with Crippen molar-refractivity contribution in [3.05, 3.63) is 24.3 Å².